The van der Waals surface area contributed by atoms with Crippen LogP contribution in [0.3, 0.4) is 0 Å². The number of anilines is 3. The monoisotopic (exact) mass is 458 g/mol. The van der Waals surface area contributed by atoms with Crippen LogP contribution in [-0.4, -0.2) is 41.6 Å². The fraction of sp³-hybridized carbons (Fsp3) is 0.200. The van der Waals surface area contributed by atoms with E-state index in [0.29, 0.717) is 41.5 Å². The summed E-state index contributed by atoms with van der Waals surface area (Å²) in [5.41, 5.74) is 2.14. The molecule has 2 N–H and O–H groups in total. The zero-order valence-corrected chi connectivity index (χ0v) is 18.2. The molecule has 2 aromatic carbocycles. The first-order valence-electron chi connectivity index (χ1n) is 10.9. The Hall–Kier alpha value is -4.40. The Kier molecular flexibility index (Phi) is 5.59. The molecule has 34 heavy (non-hydrogen) atoms. The van der Waals surface area contributed by atoms with Crippen molar-refractivity contribution in [2.45, 2.75) is 13.0 Å². The molecular weight excluding hydrogens is 436 g/mol. The Morgan fingerprint density at radius 3 is 2.59 bits per heavy atom. The molecule has 0 bridgehead atoms. The van der Waals surface area contributed by atoms with Crippen LogP contribution in [-0.2, 0) is 20.9 Å². The van der Waals surface area contributed by atoms with Crippen molar-refractivity contribution in [1.29, 1.82) is 0 Å². The molecule has 3 heterocycles. The van der Waals surface area contributed by atoms with Gasteiger partial charge in [-0.1, -0.05) is 12.1 Å². The number of rotatable bonds is 5. The molecule has 5 rings (SSSR count). The second-order valence-corrected chi connectivity index (χ2v) is 8.28. The Bertz CT molecular complexity index is 1250. The van der Waals surface area contributed by atoms with Gasteiger partial charge in [0.2, 0.25) is 17.7 Å². The molecule has 1 fully saturated rings. The highest BCUT2D eigenvalue weighted by atomic mass is 16.3. The summed E-state index contributed by atoms with van der Waals surface area (Å²) in [7, 11) is 0. The highest BCUT2D eigenvalue weighted by molar-refractivity contribution is 6.15. The predicted octanol–water partition coefficient (Wildman–Crippen LogP) is 2.87. The lowest BCUT2D eigenvalue weighted by atomic mass is 10.1. The average Bonchev–Trinajstić information content (AvgIpc) is 3.48. The molecule has 9 heteroatoms. The van der Waals surface area contributed by atoms with Gasteiger partial charge in [0.1, 0.15) is 12.3 Å². The summed E-state index contributed by atoms with van der Waals surface area (Å²) in [6, 6.07) is 17.2. The van der Waals surface area contributed by atoms with Crippen LogP contribution in [0.4, 0.5) is 17.1 Å². The van der Waals surface area contributed by atoms with Crippen LogP contribution < -0.4 is 15.5 Å². The summed E-state index contributed by atoms with van der Waals surface area (Å²) in [5.74, 6) is -0.715. The van der Waals surface area contributed by atoms with Crippen LogP contribution >= 0.6 is 0 Å². The summed E-state index contributed by atoms with van der Waals surface area (Å²) in [6.45, 7) is 0.584. The molecule has 0 aliphatic carbocycles. The van der Waals surface area contributed by atoms with Gasteiger partial charge in [-0.05, 0) is 48.5 Å². The van der Waals surface area contributed by atoms with Crippen LogP contribution in [0.25, 0.3) is 0 Å². The van der Waals surface area contributed by atoms with Crippen LogP contribution in [0.2, 0.25) is 0 Å². The van der Waals surface area contributed by atoms with Gasteiger partial charge in [0.25, 0.3) is 5.91 Å². The van der Waals surface area contributed by atoms with E-state index < -0.39 is 5.92 Å². The topological polar surface area (TPSA) is 112 Å². The fourth-order valence-corrected chi connectivity index (χ4v) is 4.20. The zero-order valence-electron chi connectivity index (χ0n) is 18.2. The summed E-state index contributed by atoms with van der Waals surface area (Å²) in [4.78, 5) is 53.1. The standard InChI is InChI=1S/C25H22N4O5/c30-22-15-29(21-6-2-1-5-20(21)27-22)25(33)16-7-9-18(10-8-16)26-24(32)17-12-23(31)28(13-17)14-19-4-3-11-34-19/h1-11,17H,12-15H2,(H,26,32)(H,27,30). The molecule has 0 spiro atoms. The van der Waals surface area contributed by atoms with Crippen molar-refractivity contribution < 1.29 is 23.6 Å². The number of amides is 4. The summed E-state index contributed by atoms with van der Waals surface area (Å²) < 4.78 is 5.29. The number of para-hydroxylation sites is 2. The van der Waals surface area contributed by atoms with Crippen LogP contribution in [0.15, 0.2) is 71.3 Å². The number of nitrogens with zero attached hydrogens (tertiary/aromatic N) is 2. The van der Waals surface area contributed by atoms with E-state index in [1.165, 1.54) is 4.90 Å². The average molecular weight is 458 g/mol. The number of carbonyl (C=O) groups excluding carboxylic acids is 4. The third kappa shape index (κ3) is 4.27. The van der Waals surface area contributed by atoms with Crippen molar-refractivity contribution in [3.05, 3.63) is 78.3 Å². The Balaban J connectivity index is 1.23. The van der Waals surface area contributed by atoms with Gasteiger partial charge in [-0.15, -0.1) is 0 Å². The predicted molar refractivity (Wildman–Crippen MR) is 124 cm³/mol. The van der Waals surface area contributed by atoms with E-state index in [-0.39, 0.29) is 36.6 Å². The van der Waals surface area contributed by atoms with E-state index in [0.717, 1.165) is 0 Å². The molecule has 0 saturated carbocycles. The molecule has 1 atom stereocenters. The van der Waals surface area contributed by atoms with Crippen molar-refractivity contribution >= 4 is 40.7 Å². The minimum absolute atomic E-state index is 0.0709. The molecular formula is C25H22N4O5. The minimum Gasteiger partial charge on any atom is -0.467 e. The summed E-state index contributed by atoms with van der Waals surface area (Å²) in [5, 5.41) is 5.58. The molecule has 1 unspecified atom stereocenters. The van der Waals surface area contributed by atoms with Crippen molar-refractivity contribution in [1.82, 2.24) is 4.90 Å². The van der Waals surface area contributed by atoms with E-state index in [1.807, 2.05) is 0 Å². The van der Waals surface area contributed by atoms with Gasteiger partial charge in [0, 0.05) is 24.2 Å². The third-order valence-corrected chi connectivity index (χ3v) is 5.93. The van der Waals surface area contributed by atoms with Gasteiger partial charge in [0.15, 0.2) is 0 Å². The maximum Gasteiger partial charge on any atom is 0.258 e. The molecule has 9 nitrogen and oxygen atoms in total. The molecule has 0 radical (unpaired) electrons. The Morgan fingerprint density at radius 1 is 1.03 bits per heavy atom. The SMILES string of the molecule is O=C1CN(C(=O)c2ccc(NC(=O)C3CC(=O)N(Cc4ccco4)C3)cc2)c2ccccc2N1. The van der Waals surface area contributed by atoms with Gasteiger partial charge >= 0.3 is 0 Å². The first-order chi connectivity index (χ1) is 16.5. The summed E-state index contributed by atoms with van der Waals surface area (Å²) >= 11 is 0. The zero-order chi connectivity index (χ0) is 23.7. The Morgan fingerprint density at radius 2 is 1.82 bits per heavy atom. The lowest BCUT2D eigenvalue weighted by molar-refractivity contribution is -0.128. The number of likely N-dealkylation sites (tertiary alicyclic amines) is 1. The number of benzene rings is 2. The third-order valence-electron chi connectivity index (χ3n) is 5.93. The highest BCUT2D eigenvalue weighted by Gasteiger charge is 2.34. The molecule has 2 aliphatic heterocycles. The van der Waals surface area contributed by atoms with Crippen molar-refractivity contribution in [2.24, 2.45) is 5.92 Å². The van der Waals surface area contributed by atoms with E-state index in [2.05, 4.69) is 10.6 Å². The first-order valence-corrected chi connectivity index (χ1v) is 10.9. The minimum atomic E-state index is -0.466. The molecule has 1 saturated heterocycles. The van der Waals surface area contributed by atoms with E-state index >= 15 is 0 Å². The number of nitrogens with one attached hydrogen (secondary N) is 2. The van der Waals surface area contributed by atoms with Crippen LogP contribution in [0.1, 0.15) is 22.5 Å². The van der Waals surface area contributed by atoms with Crippen molar-refractivity contribution in [3.63, 3.8) is 0 Å². The molecule has 1 aromatic heterocycles. The lowest BCUT2D eigenvalue weighted by Gasteiger charge is -2.29. The first kappa shape index (κ1) is 21.4. The number of hydrogen-bond acceptors (Lipinski definition) is 5. The van der Waals surface area contributed by atoms with Gasteiger partial charge in [0.05, 0.1) is 30.1 Å². The van der Waals surface area contributed by atoms with E-state index in [4.69, 9.17) is 4.42 Å². The quantitative estimate of drug-likeness (QED) is 0.611. The van der Waals surface area contributed by atoms with Crippen LogP contribution in [0.5, 0.6) is 0 Å². The number of hydrogen-bond donors (Lipinski definition) is 2. The van der Waals surface area contributed by atoms with Crippen molar-refractivity contribution in [3.8, 4) is 0 Å². The molecule has 4 amide bonds. The van der Waals surface area contributed by atoms with Gasteiger partial charge in [-0.2, -0.15) is 0 Å². The van der Waals surface area contributed by atoms with Gasteiger partial charge in [-0.3, -0.25) is 24.1 Å². The van der Waals surface area contributed by atoms with Crippen LogP contribution in [0, 0.1) is 5.92 Å². The van der Waals surface area contributed by atoms with E-state index in [9.17, 15) is 19.2 Å². The molecule has 3 aromatic rings. The summed E-state index contributed by atoms with van der Waals surface area (Å²) in [6.07, 6.45) is 1.69. The fourth-order valence-electron chi connectivity index (χ4n) is 4.20. The second-order valence-electron chi connectivity index (χ2n) is 8.28. The molecule has 2 aliphatic rings. The maximum absolute atomic E-state index is 13.1. The smallest absolute Gasteiger partial charge is 0.258 e. The second kappa shape index (κ2) is 8.86. The van der Waals surface area contributed by atoms with E-state index in [1.54, 1.807) is 71.8 Å². The van der Waals surface area contributed by atoms with Gasteiger partial charge < -0.3 is 20.0 Å². The number of fused-ring (bicyclic) bond motifs is 1. The largest absolute Gasteiger partial charge is 0.467 e. The number of furan rings is 1. The Labute approximate surface area is 195 Å². The molecule has 172 valence electrons. The highest BCUT2D eigenvalue weighted by Crippen LogP contribution is 2.30. The number of carbonyl (C=O) groups is 4. The lowest BCUT2D eigenvalue weighted by Crippen LogP contribution is -2.42. The van der Waals surface area contributed by atoms with Gasteiger partial charge in [-0.25, -0.2) is 0 Å². The maximum atomic E-state index is 13.1. The normalized spacial score (nSPS) is 17.4. The van der Waals surface area contributed by atoms with Crippen molar-refractivity contribution in [2.75, 3.05) is 28.6 Å².